The van der Waals surface area contributed by atoms with Crippen LogP contribution >= 0.6 is 0 Å². The molecule has 17 heavy (non-hydrogen) atoms. The molecule has 1 N–H and O–H groups in total. The van der Waals surface area contributed by atoms with Gasteiger partial charge in [-0.15, -0.1) is 0 Å². The fraction of sp³-hybridized carbons (Fsp3) is 0.462. The van der Waals surface area contributed by atoms with Crippen LogP contribution < -0.4 is 10.1 Å². The number of hydrogen-bond acceptors (Lipinski definition) is 3. The molecule has 1 atom stereocenters. The predicted octanol–water partition coefficient (Wildman–Crippen LogP) is 1.91. The van der Waals surface area contributed by atoms with Crippen molar-refractivity contribution in [2.24, 2.45) is 0 Å². The fourth-order valence-electron chi connectivity index (χ4n) is 1.62. The van der Waals surface area contributed by atoms with Crippen LogP contribution in [0.15, 0.2) is 24.3 Å². The molecule has 0 spiro atoms. The Bertz CT molecular complexity index is 348. The molecule has 0 aliphatic heterocycles. The molecule has 0 unspecified atom stereocenters. The normalized spacial score (nSPS) is 11.9. The molecule has 0 saturated heterocycles. The van der Waals surface area contributed by atoms with Gasteiger partial charge in [-0.3, -0.25) is 4.79 Å². The van der Waals surface area contributed by atoms with Crippen LogP contribution in [-0.2, 0) is 9.53 Å². The molecule has 4 nitrogen and oxygen atoms in total. The zero-order valence-electron chi connectivity index (χ0n) is 10.5. The topological polar surface area (TPSA) is 47.6 Å². The van der Waals surface area contributed by atoms with Gasteiger partial charge >= 0.3 is 0 Å². The summed E-state index contributed by atoms with van der Waals surface area (Å²) in [6, 6.07) is 7.71. The summed E-state index contributed by atoms with van der Waals surface area (Å²) >= 11 is 0. The fourth-order valence-corrected chi connectivity index (χ4v) is 1.62. The van der Waals surface area contributed by atoms with Crippen molar-refractivity contribution in [3.8, 4) is 5.75 Å². The minimum absolute atomic E-state index is 0.0172. The maximum Gasteiger partial charge on any atom is 0.246 e. The van der Waals surface area contributed by atoms with Gasteiger partial charge in [-0.25, -0.2) is 0 Å². The number of benzene rings is 1. The molecule has 0 radical (unpaired) electrons. The van der Waals surface area contributed by atoms with Crippen LogP contribution in [0.2, 0.25) is 0 Å². The number of carbonyl (C=O) groups is 1. The third kappa shape index (κ3) is 4.07. The Kier molecular flexibility index (Phi) is 5.49. The SMILES string of the molecule is CC[C@@H](NC(=O)COC)c1ccc(OC)cc1. The zero-order chi connectivity index (χ0) is 12.7. The lowest BCUT2D eigenvalue weighted by atomic mass is 10.0. The second-order valence-corrected chi connectivity index (χ2v) is 3.73. The highest BCUT2D eigenvalue weighted by atomic mass is 16.5. The average molecular weight is 237 g/mol. The summed E-state index contributed by atoms with van der Waals surface area (Å²) < 4.78 is 9.88. The monoisotopic (exact) mass is 237 g/mol. The van der Waals surface area contributed by atoms with E-state index in [9.17, 15) is 4.79 Å². The first-order valence-corrected chi connectivity index (χ1v) is 5.63. The lowest BCUT2D eigenvalue weighted by Gasteiger charge is -2.17. The van der Waals surface area contributed by atoms with Crippen LogP contribution in [0.3, 0.4) is 0 Å². The Morgan fingerprint density at radius 3 is 2.41 bits per heavy atom. The average Bonchev–Trinajstić information content (AvgIpc) is 2.36. The predicted molar refractivity (Wildman–Crippen MR) is 66.0 cm³/mol. The molecule has 94 valence electrons. The summed E-state index contributed by atoms with van der Waals surface area (Å²) in [4.78, 5) is 11.4. The van der Waals surface area contributed by atoms with Gasteiger partial charge in [0.25, 0.3) is 0 Å². The molecule has 1 rings (SSSR count). The summed E-state index contributed by atoms with van der Waals surface area (Å²) in [5.41, 5.74) is 1.07. The van der Waals surface area contributed by atoms with E-state index >= 15 is 0 Å². The molecule has 0 saturated carbocycles. The Hall–Kier alpha value is -1.55. The van der Waals surface area contributed by atoms with E-state index < -0.39 is 0 Å². The number of ether oxygens (including phenoxy) is 2. The van der Waals surface area contributed by atoms with Crippen LogP contribution in [0.1, 0.15) is 24.9 Å². The zero-order valence-corrected chi connectivity index (χ0v) is 10.5. The van der Waals surface area contributed by atoms with Crippen molar-refractivity contribution in [2.45, 2.75) is 19.4 Å². The molecule has 0 aliphatic carbocycles. The van der Waals surface area contributed by atoms with E-state index in [0.29, 0.717) is 0 Å². The Morgan fingerprint density at radius 2 is 1.94 bits per heavy atom. The van der Waals surface area contributed by atoms with Gasteiger partial charge in [-0.05, 0) is 24.1 Å². The van der Waals surface area contributed by atoms with Gasteiger partial charge in [0.15, 0.2) is 0 Å². The van der Waals surface area contributed by atoms with Crippen LogP contribution in [-0.4, -0.2) is 26.7 Å². The molecule has 0 heterocycles. The van der Waals surface area contributed by atoms with Gasteiger partial charge in [0, 0.05) is 7.11 Å². The van der Waals surface area contributed by atoms with Crippen molar-refractivity contribution >= 4 is 5.91 Å². The highest BCUT2D eigenvalue weighted by Gasteiger charge is 2.12. The standard InChI is InChI=1S/C13H19NO3/c1-4-12(14-13(15)9-16-2)10-5-7-11(17-3)8-6-10/h5-8,12H,4,9H2,1-3H3,(H,14,15)/t12-/m1/s1. The number of carbonyl (C=O) groups excluding carboxylic acids is 1. The van der Waals surface area contributed by atoms with Gasteiger partial charge < -0.3 is 14.8 Å². The van der Waals surface area contributed by atoms with E-state index in [2.05, 4.69) is 5.32 Å². The maximum atomic E-state index is 11.4. The van der Waals surface area contributed by atoms with Gasteiger partial charge in [-0.2, -0.15) is 0 Å². The molecule has 0 fully saturated rings. The van der Waals surface area contributed by atoms with Crippen molar-refractivity contribution < 1.29 is 14.3 Å². The van der Waals surface area contributed by atoms with E-state index in [1.54, 1.807) is 7.11 Å². The largest absolute Gasteiger partial charge is 0.497 e. The number of hydrogen-bond donors (Lipinski definition) is 1. The van der Waals surface area contributed by atoms with E-state index in [0.717, 1.165) is 17.7 Å². The van der Waals surface area contributed by atoms with Crippen LogP contribution in [0.5, 0.6) is 5.75 Å². The first-order valence-electron chi connectivity index (χ1n) is 5.63. The molecular weight excluding hydrogens is 218 g/mol. The molecule has 0 aliphatic rings. The molecular formula is C13H19NO3. The van der Waals surface area contributed by atoms with Crippen LogP contribution in [0.4, 0.5) is 0 Å². The first-order chi connectivity index (χ1) is 8.21. The summed E-state index contributed by atoms with van der Waals surface area (Å²) in [6.45, 7) is 2.12. The van der Waals surface area contributed by atoms with Gasteiger partial charge in [0.2, 0.25) is 5.91 Å². The van der Waals surface area contributed by atoms with E-state index in [1.165, 1.54) is 7.11 Å². The summed E-state index contributed by atoms with van der Waals surface area (Å²) in [5.74, 6) is 0.710. The molecule has 1 aromatic rings. The third-order valence-corrected chi connectivity index (χ3v) is 2.54. The Morgan fingerprint density at radius 1 is 1.29 bits per heavy atom. The Labute approximate surface area is 102 Å². The molecule has 4 heteroatoms. The van der Waals surface area contributed by atoms with E-state index in [-0.39, 0.29) is 18.6 Å². The quantitative estimate of drug-likeness (QED) is 0.822. The smallest absolute Gasteiger partial charge is 0.246 e. The summed E-state index contributed by atoms with van der Waals surface area (Å²) in [6.07, 6.45) is 0.835. The maximum absolute atomic E-state index is 11.4. The van der Waals surface area contributed by atoms with Crippen molar-refractivity contribution in [3.05, 3.63) is 29.8 Å². The minimum atomic E-state index is -0.102. The molecule has 1 amide bonds. The number of nitrogens with one attached hydrogen (secondary N) is 1. The minimum Gasteiger partial charge on any atom is -0.497 e. The van der Waals surface area contributed by atoms with E-state index in [1.807, 2.05) is 31.2 Å². The van der Waals surface area contributed by atoms with Crippen LogP contribution in [0.25, 0.3) is 0 Å². The third-order valence-electron chi connectivity index (χ3n) is 2.54. The summed E-state index contributed by atoms with van der Waals surface area (Å²) in [5, 5.41) is 2.92. The van der Waals surface area contributed by atoms with E-state index in [4.69, 9.17) is 9.47 Å². The second-order valence-electron chi connectivity index (χ2n) is 3.73. The lowest BCUT2D eigenvalue weighted by molar-refractivity contribution is -0.125. The first kappa shape index (κ1) is 13.5. The van der Waals surface area contributed by atoms with Gasteiger partial charge in [0.1, 0.15) is 12.4 Å². The van der Waals surface area contributed by atoms with Crippen molar-refractivity contribution in [1.82, 2.24) is 5.32 Å². The molecule has 0 aromatic heterocycles. The Balaban J connectivity index is 2.68. The lowest BCUT2D eigenvalue weighted by Crippen LogP contribution is -2.31. The summed E-state index contributed by atoms with van der Waals surface area (Å²) in [7, 11) is 3.14. The van der Waals surface area contributed by atoms with Crippen molar-refractivity contribution in [1.29, 1.82) is 0 Å². The molecule has 1 aromatic carbocycles. The number of amides is 1. The second kappa shape index (κ2) is 6.91. The highest BCUT2D eigenvalue weighted by Crippen LogP contribution is 2.19. The van der Waals surface area contributed by atoms with Gasteiger partial charge in [0.05, 0.1) is 13.2 Å². The van der Waals surface area contributed by atoms with Crippen molar-refractivity contribution in [2.75, 3.05) is 20.8 Å². The highest BCUT2D eigenvalue weighted by molar-refractivity contribution is 5.77. The number of rotatable bonds is 6. The van der Waals surface area contributed by atoms with Crippen LogP contribution in [0, 0.1) is 0 Å². The molecule has 0 bridgehead atoms. The number of methoxy groups -OCH3 is 2. The van der Waals surface area contributed by atoms with Gasteiger partial charge in [-0.1, -0.05) is 19.1 Å². The van der Waals surface area contributed by atoms with Crippen molar-refractivity contribution in [3.63, 3.8) is 0 Å².